The highest BCUT2D eigenvalue weighted by Crippen LogP contribution is 2.30. The van der Waals surface area contributed by atoms with Gasteiger partial charge in [-0.1, -0.05) is 0 Å². The number of nitro groups is 1. The molecule has 0 bridgehead atoms. The third-order valence-electron chi connectivity index (χ3n) is 3.67. The number of hydrogen-bond donors (Lipinski definition) is 3. The van der Waals surface area contributed by atoms with Crippen LogP contribution >= 0.6 is 0 Å². The van der Waals surface area contributed by atoms with Crippen LogP contribution in [0.5, 0.6) is 0 Å². The number of aliphatic hydroxyl groups excluding tert-OH is 3. The lowest BCUT2D eigenvalue weighted by Crippen LogP contribution is -2.50. The summed E-state index contributed by atoms with van der Waals surface area (Å²) in [5.41, 5.74) is 0.435. The van der Waals surface area contributed by atoms with Gasteiger partial charge in [-0.15, -0.1) is 0 Å². The minimum atomic E-state index is -1.33. The minimum Gasteiger partial charge on any atom is -0.388 e. The molecule has 8 heteroatoms. The maximum absolute atomic E-state index is 10.9. The fourth-order valence-corrected chi connectivity index (χ4v) is 2.51. The van der Waals surface area contributed by atoms with Crippen LogP contribution in [0.15, 0.2) is 30.5 Å². The number of benzene rings is 1. The molecule has 2 heterocycles. The van der Waals surface area contributed by atoms with E-state index >= 15 is 0 Å². The van der Waals surface area contributed by atoms with Crippen LogP contribution < -0.4 is 0 Å². The Morgan fingerprint density at radius 1 is 1.24 bits per heavy atom. The van der Waals surface area contributed by atoms with E-state index in [0.29, 0.717) is 5.52 Å². The maximum atomic E-state index is 10.9. The maximum Gasteiger partial charge on any atom is 0.271 e. The van der Waals surface area contributed by atoms with Gasteiger partial charge < -0.3 is 24.6 Å². The quantitative estimate of drug-likeness (QED) is 0.536. The average Bonchev–Trinajstić information content (AvgIpc) is 2.88. The van der Waals surface area contributed by atoms with E-state index in [-0.39, 0.29) is 12.3 Å². The van der Waals surface area contributed by atoms with E-state index in [4.69, 9.17) is 4.74 Å². The van der Waals surface area contributed by atoms with Gasteiger partial charge in [0.25, 0.3) is 5.69 Å². The normalized spacial score (nSPS) is 29.7. The lowest BCUT2D eigenvalue weighted by atomic mass is 10.0. The zero-order valence-electron chi connectivity index (χ0n) is 10.9. The van der Waals surface area contributed by atoms with Crippen LogP contribution in [0.1, 0.15) is 6.23 Å². The molecule has 4 atom stereocenters. The van der Waals surface area contributed by atoms with E-state index in [2.05, 4.69) is 0 Å². The number of ether oxygens (including phenoxy) is 1. The SMILES string of the molecule is O=[N+]([O-])c1ccc2ccn([C@@H]3OC[C@@H](O)[C@@H](O)[C@H]3O)c2c1. The topological polar surface area (TPSA) is 118 Å². The Labute approximate surface area is 119 Å². The summed E-state index contributed by atoms with van der Waals surface area (Å²) in [5.74, 6) is 0. The number of non-ortho nitro benzene ring substituents is 1. The van der Waals surface area contributed by atoms with Gasteiger partial charge in [-0.25, -0.2) is 0 Å². The molecule has 2 aromatic rings. The van der Waals surface area contributed by atoms with Crippen LogP contribution in [0, 0.1) is 10.1 Å². The summed E-state index contributed by atoms with van der Waals surface area (Å²) in [6.07, 6.45) is -3.12. The summed E-state index contributed by atoms with van der Waals surface area (Å²) < 4.78 is 6.87. The Balaban J connectivity index is 2.04. The second-order valence-electron chi connectivity index (χ2n) is 5.00. The summed E-state index contributed by atoms with van der Waals surface area (Å²) >= 11 is 0. The molecule has 1 aliphatic heterocycles. The van der Waals surface area contributed by atoms with Gasteiger partial charge in [0.2, 0.25) is 0 Å². The summed E-state index contributed by atoms with van der Waals surface area (Å²) in [4.78, 5) is 10.3. The highest BCUT2D eigenvalue weighted by atomic mass is 16.6. The first kappa shape index (κ1) is 14.0. The first-order chi connectivity index (χ1) is 9.99. The number of aromatic nitrogens is 1. The zero-order chi connectivity index (χ0) is 15.1. The molecular formula is C13H14N2O6. The molecule has 8 nitrogen and oxygen atoms in total. The van der Waals surface area contributed by atoms with Crippen molar-refractivity contribution in [2.24, 2.45) is 0 Å². The van der Waals surface area contributed by atoms with Crippen molar-refractivity contribution < 1.29 is 25.0 Å². The molecule has 1 saturated heterocycles. The third-order valence-corrected chi connectivity index (χ3v) is 3.67. The predicted octanol–water partition coefficient (Wildman–Crippen LogP) is 0.161. The van der Waals surface area contributed by atoms with Gasteiger partial charge in [-0.05, 0) is 12.1 Å². The fourth-order valence-electron chi connectivity index (χ4n) is 2.51. The summed E-state index contributed by atoms with van der Waals surface area (Å²) in [7, 11) is 0. The van der Waals surface area contributed by atoms with Crippen molar-refractivity contribution in [3.05, 3.63) is 40.6 Å². The zero-order valence-corrected chi connectivity index (χ0v) is 10.9. The van der Waals surface area contributed by atoms with Gasteiger partial charge in [0.05, 0.1) is 17.0 Å². The molecule has 112 valence electrons. The third kappa shape index (κ3) is 2.28. The smallest absolute Gasteiger partial charge is 0.271 e. The molecule has 1 fully saturated rings. The van der Waals surface area contributed by atoms with E-state index in [9.17, 15) is 25.4 Å². The van der Waals surface area contributed by atoms with E-state index in [0.717, 1.165) is 5.39 Å². The van der Waals surface area contributed by atoms with E-state index in [1.165, 1.54) is 16.7 Å². The van der Waals surface area contributed by atoms with Gasteiger partial charge in [0.15, 0.2) is 6.23 Å². The van der Waals surface area contributed by atoms with Crippen molar-refractivity contribution in [2.75, 3.05) is 6.61 Å². The molecule has 1 aromatic heterocycles. The number of nitrogens with zero attached hydrogens (tertiary/aromatic N) is 2. The lowest BCUT2D eigenvalue weighted by molar-refractivity contribution is -0.384. The fraction of sp³-hybridized carbons (Fsp3) is 0.385. The second kappa shape index (κ2) is 5.08. The van der Waals surface area contributed by atoms with Gasteiger partial charge >= 0.3 is 0 Å². The number of rotatable bonds is 2. The van der Waals surface area contributed by atoms with Crippen molar-refractivity contribution in [2.45, 2.75) is 24.5 Å². The van der Waals surface area contributed by atoms with Crippen molar-refractivity contribution in [1.82, 2.24) is 4.57 Å². The Bertz CT molecular complexity index is 684. The Kier molecular flexibility index (Phi) is 3.38. The van der Waals surface area contributed by atoms with Gasteiger partial charge in [0.1, 0.15) is 18.3 Å². The molecule has 1 aliphatic rings. The molecule has 0 spiro atoms. The summed E-state index contributed by atoms with van der Waals surface area (Å²) in [6, 6.07) is 6.10. The molecule has 3 N–H and O–H groups in total. The van der Waals surface area contributed by atoms with Crippen molar-refractivity contribution >= 4 is 16.6 Å². The van der Waals surface area contributed by atoms with Gasteiger partial charge in [-0.2, -0.15) is 0 Å². The minimum absolute atomic E-state index is 0.0756. The summed E-state index contributed by atoms with van der Waals surface area (Å²) in [6.45, 7) is -0.127. The van der Waals surface area contributed by atoms with E-state index in [1.807, 2.05) is 0 Å². The molecule has 0 saturated carbocycles. The van der Waals surface area contributed by atoms with Crippen molar-refractivity contribution in [3.8, 4) is 0 Å². The highest BCUT2D eigenvalue weighted by molar-refractivity contribution is 5.82. The second-order valence-corrected chi connectivity index (χ2v) is 5.00. The molecule has 0 unspecified atom stereocenters. The van der Waals surface area contributed by atoms with Crippen molar-refractivity contribution in [1.29, 1.82) is 0 Å². The van der Waals surface area contributed by atoms with Crippen LogP contribution in [0.2, 0.25) is 0 Å². The molecule has 0 radical (unpaired) electrons. The average molecular weight is 294 g/mol. The molecule has 0 aliphatic carbocycles. The predicted molar refractivity (Wildman–Crippen MR) is 71.6 cm³/mol. The number of fused-ring (bicyclic) bond motifs is 1. The summed E-state index contributed by atoms with van der Waals surface area (Å²) in [5, 5.41) is 40.8. The van der Waals surface area contributed by atoms with E-state index in [1.54, 1.807) is 18.3 Å². The molecule has 21 heavy (non-hydrogen) atoms. The Hall–Kier alpha value is -2.00. The van der Waals surface area contributed by atoms with Crippen LogP contribution in [0.25, 0.3) is 10.9 Å². The first-order valence-corrected chi connectivity index (χ1v) is 6.40. The molecule has 0 amide bonds. The monoisotopic (exact) mass is 294 g/mol. The van der Waals surface area contributed by atoms with Crippen LogP contribution in [-0.2, 0) is 4.74 Å². The Morgan fingerprint density at radius 2 is 2.00 bits per heavy atom. The number of nitro benzene ring substituents is 1. The van der Waals surface area contributed by atoms with Crippen LogP contribution in [-0.4, -0.2) is 49.7 Å². The number of hydrogen-bond acceptors (Lipinski definition) is 6. The van der Waals surface area contributed by atoms with Gasteiger partial charge in [-0.3, -0.25) is 10.1 Å². The molecular weight excluding hydrogens is 280 g/mol. The molecule has 1 aromatic carbocycles. The van der Waals surface area contributed by atoms with Crippen LogP contribution in [0.4, 0.5) is 5.69 Å². The standard InChI is InChI=1S/C13H14N2O6/c16-10-6-21-13(12(18)11(10)17)14-4-3-7-1-2-8(15(19)20)5-9(7)14/h1-5,10-13,16-18H,6H2/t10-,11-,12-,13-/m1/s1. The Morgan fingerprint density at radius 3 is 2.71 bits per heavy atom. The molecule has 3 rings (SSSR count). The van der Waals surface area contributed by atoms with Crippen LogP contribution in [0.3, 0.4) is 0 Å². The van der Waals surface area contributed by atoms with E-state index < -0.39 is 29.5 Å². The largest absolute Gasteiger partial charge is 0.388 e. The highest BCUT2D eigenvalue weighted by Gasteiger charge is 2.38. The van der Waals surface area contributed by atoms with Crippen molar-refractivity contribution in [3.63, 3.8) is 0 Å². The van der Waals surface area contributed by atoms with Gasteiger partial charge in [0, 0.05) is 23.7 Å². The first-order valence-electron chi connectivity index (χ1n) is 6.40. The lowest BCUT2D eigenvalue weighted by Gasteiger charge is -2.36. The number of aliphatic hydroxyl groups is 3.